The molecule has 0 bridgehead atoms. The Kier molecular flexibility index (Phi) is 7.82. The number of aryl methyl sites for hydroxylation is 1. The van der Waals surface area contributed by atoms with Gasteiger partial charge in [0.05, 0.1) is 30.6 Å². The minimum atomic E-state index is -0.538. The normalized spacial score (nSPS) is 16.9. The average molecular weight is 569 g/mol. The van der Waals surface area contributed by atoms with E-state index in [0.717, 1.165) is 34.9 Å². The van der Waals surface area contributed by atoms with Crippen LogP contribution in [-0.2, 0) is 11.3 Å². The molecule has 1 saturated heterocycles. The van der Waals surface area contributed by atoms with Crippen molar-refractivity contribution in [3.05, 3.63) is 101 Å². The fraction of sp³-hybridized carbons (Fsp3) is 0.312. The van der Waals surface area contributed by atoms with Crippen LogP contribution in [0.5, 0.6) is 5.75 Å². The lowest BCUT2D eigenvalue weighted by molar-refractivity contribution is -0.123. The number of methoxy groups -OCH3 is 1. The van der Waals surface area contributed by atoms with Crippen LogP contribution in [0.25, 0.3) is 0 Å². The Bertz CT molecular complexity index is 1560. The molecule has 0 radical (unpaired) electrons. The predicted octanol–water partition coefficient (Wildman–Crippen LogP) is 6.11. The number of rotatable bonds is 7. The molecule has 8 nitrogen and oxygen atoms in total. The average Bonchev–Trinajstić information content (AvgIpc) is 3.44. The number of ether oxygens (including phenoxy) is 1. The summed E-state index contributed by atoms with van der Waals surface area (Å²) in [7, 11) is 1.60. The molecule has 1 fully saturated rings. The first-order valence-electron chi connectivity index (χ1n) is 13.6. The van der Waals surface area contributed by atoms with Crippen molar-refractivity contribution in [2.24, 2.45) is 5.41 Å². The number of benzene rings is 1. The zero-order valence-electron chi connectivity index (χ0n) is 24.3. The number of anilines is 2. The molecule has 41 heavy (non-hydrogen) atoms. The summed E-state index contributed by atoms with van der Waals surface area (Å²) in [6.07, 6.45) is 5.45. The number of nitrogens with zero attached hydrogens (tertiary/aromatic N) is 4. The smallest absolute Gasteiger partial charge is 0.229 e. The van der Waals surface area contributed by atoms with Gasteiger partial charge < -0.3 is 24.8 Å². The molecule has 9 heteroatoms. The molecule has 5 rings (SSSR count). The van der Waals surface area contributed by atoms with E-state index < -0.39 is 5.41 Å². The number of amides is 1. The fourth-order valence-electron chi connectivity index (χ4n) is 5.23. The Morgan fingerprint density at radius 2 is 1.83 bits per heavy atom. The van der Waals surface area contributed by atoms with Gasteiger partial charge in [0.2, 0.25) is 5.91 Å². The molecule has 0 saturated carbocycles. The third-order valence-corrected chi connectivity index (χ3v) is 7.83. The van der Waals surface area contributed by atoms with Crippen molar-refractivity contribution in [2.45, 2.75) is 53.2 Å². The Labute approximate surface area is 246 Å². The first kappa shape index (κ1) is 28.3. The molecule has 2 N–H and O–H groups in total. The number of hydrogen-bond acceptors (Lipinski definition) is 5. The van der Waals surface area contributed by atoms with Crippen molar-refractivity contribution in [3.8, 4) is 5.75 Å². The van der Waals surface area contributed by atoms with Gasteiger partial charge in [0.25, 0.3) is 0 Å². The van der Waals surface area contributed by atoms with E-state index in [2.05, 4.69) is 45.0 Å². The van der Waals surface area contributed by atoms with Gasteiger partial charge >= 0.3 is 0 Å². The van der Waals surface area contributed by atoms with Gasteiger partial charge in [-0.1, -0.05) is 26.8 Å². The maximum atomic E-state index is 12.7. The second kappa shape index (κ2) is 11.3. The molecular formula is C32H36N6O2S. The van der Waals surface area contributed by atoms with Crippen LogP contribution >= 0.6 is 12.2 Å². The number of carbonyl (C=O) groups excluding carboxylic acids is 1. The van der Waals surface area contributed by atoms with Crippen LogP contribution in [0.15, 0.2) is 73.2 Å². The van der Waals surface area contributed by atoms with E-state index in [1.54, 1.807) is 7.11 Å². The van der Waals surface area contributed by atoms with E-state index >= 15 is 0 Å². The summed E-state index contributed by atoms with van der Waals surface area (Å²) < 4.78 is 8.06. The number of aromatic nitrogens is 3. The molecule has 1 aliphatic heterocycles. The SMILES string of the molecule is COc1cc(N2C(=S)N[C@@H](c3ccccn3)[C@@H]2c2cc(C)n(Cc3ccncc3)c2C)ccc1NC(=O)C(C)(C)C. The zero-order valence-corrected chi connectivity index (χ0v) is 25.1. The van der Waals surface area contributed by atoms with Crippen LogP contribution < -0.4 is 20.3 Å². The summed E-state index contributed by atoms with van der Waals surface area (Å²) in [5.41, 5.74) is 6.49. The molecule has 212 valence electrons. The minimum Gasteiger partial charge on any atom is -0.494 e. The summed E-state index contributed by atoms with van der Waals surface area (Å²) in [6.45, 7) is 10.7. The second-order valence-electron chi connectivity index (χ2n) is 11.4. The number of nitrogens with one attached hydrogen (secondary N) is 2. The predicted molar refractivity (Wildman–Crippen MR) is 166 cm³/mol. The molecular weight excluding hydrogens is 532 g/mol. The topological polar surface area (TPSA) is 84.3 Å². The van der Waals surface area contributed by atoms with Gasteiger partial charge in [-0.3, -0.25) is 14.8 Å². The Hall–Kier alpha value is -4.24. The number of pyridine rings is 2. The summed E-state index contributed by atoms with van der Waals surface area (Å²) in [5, 5.41) is 7.14. The molecule has 4 aromatic rings. The van der Waals surface area contributed by atoms with Crippen molar-refractivity contribution in [2.75, 3.05) is 17.3 Å². The van der Waals surface area contributed by atoms with E-state index in [1.165, 1.54) is 5.56 Å². The van der Waals surface area contributed by atoms with Crippen molar-refractivity contribution in [3.63, 3.8) is 0 Å². The van der Waals surface area contributed by atoms with E-state index in [1.807, 2.05) is 87.9 Å². The van der Waals surface area contributed by atoms with E-state index in [9.17, 15) is 4.79 Å². The maximum Gasteiger partial charge on any atom is 0.229 e. The van der Waals surface area contributed by atoms with Gasteiger partial charge in [-0.05, 0) is 79.7 Å². The monoisotopic (exact) mass is 568 g/mol. The highest BCUT2D eigenvalue weighted by molar-refractivity contribution is 7.80. The highest BCUT2D eigenvalue weighted by Gasteiger charge is 2.42. The fourth-order valence-corrected chi connectivity index (χ4v) is 5.58. The molecule has 4 heterocycles. The van der Waals surface area contributed by atoms with Crippen LogP contribution in [0, 0.1) is 19.3 Å². The first-order chi connectivity index (χ1) is 19.6. The van der Waals surface area contributed by atoms with Gasteiger partial charge in [-0.2, -0.15) is 0 Å². The standard InChI is InChI=1S/C32H36N6O2S/c1-20-17-24(21(2)37(20)19-22-12-15-33-16-13-22)29-28(26-9-7-8-14-34-26)36-31(41)38(29)23-10-11-25(27(18-23)40-6)35-30(39)32(3,4)5/h7-18,28-29H,19H2,1-6H3,(H,35,39)(H,36,41)/t28-,29-/m0/s1. The molecule has 3 aromatic heterocycles. The number of thiocarbonyl (C=S) groups is 1. The largest absolute Gasteiger partial charge is 0.494 e. The van der Waals surface area contributed by atoms with E-state index in [-0.39, 0.29) is 18.0 Å². The van der Waals surface area contributed by atoms with Crippen LogP contribution in [0.1, 0.15) is 61.1 Å². The van der Waals surface area contributed by atoms with Crippen LogP contribution in [0.3, 0.4) is 0 Å². The van der Waals surface area contributed by atoms with Crippen LogP contribution in [0.2, 0.25) is 0 Å². The molecule has 0 unspecified atom stereocenters. The lowest BCUT2D eigenvalue weighted by atomic mass is 9.95. The summed E-state index contributed by atoms with van der Waals surface area (Å²) in [5.74, 6) is 0.475. The minimum absolute atomic E-state index is 0.0864. The maximum absolute atomic E-state index is 12.7. The Balaban J connectivity index is 1.59. The summed E-state index contributed by atoms with van der Waals surface area (Å²) in [4.78, 5) is 23.7. The Morgan fingerprint density at radius 3 is 2.49 bits per heavy atom. The van der Waals surface area contributed by atoms with E-state index in [0.29, 0.717) is 16.5 Å². The Morgan fingerprint density at radius 1 is 1.07 bits per heavy atom. The second-order valence-corrected chi connectivity index (χ2v) is 11.7. The molecule has 0 spiro atoms. The van der Waals surface area contributed by atoms with Gasteiger partial charge in [0.15, 0.2) is 5.11 Å². The van der Waals surface area contributed by atoms with Gasteiger partial charge in [-0.15, -0.1) is 0 Å². The van der Waals surface area contributed by atoms with Crippen LogP contribution in [0.4, 0.5) is 11.4 Å². The summed E-state index contributed by atoms with van der Waals surface area (Å²) in [6, 6.07) is 17.7. The zero-order chi connectivity index (χ0) is 29.3. The third kappa shape index (κ3) is 5.67. The van der Waals surface area contributed by atoms with E-state index in [4.69, 9.17) is 21.9 Å². The molecule has 1 amide bonds. The quantitative estimate of drug-likeness (QED) is 0.260. The highest BCUT2D eigenvalue weighted by Crippen LogP contribution is 2.45. The van der Waals surface area contributed by atoms with Crippen molar-refractivity contribution < 1.29 is 9.53 Å². The molecule has 1 aromatic carbocycles. The highest BCUT2D eigenvalue weighted by atomic mass is 32.1. The first-order valence-corrected chi connectivity index (χ1v) is 14.0. The lowest BCUT2D eigenvalue weighted by Crippen LogP contribution is -2.30. The van der Waals surface area contributed by atoms with Crippen molar-refractivity contribution in [1.29, 1.82) is 0 Å². The van der Waals surface area contributed by atoms with Crippen molar-refractivity contribution in [1.82, 2.24) is 19.9 Å². The number of carbonyl (C=O) groups is 1. The van der Waals surface area contributed by atoms with Crippen LogP contribution in [-0.4, -0.2) is 32.7 Å². The molecule has 2 atom stereocenters. The number of hydrogen-bond donors (Lipinski definition) is 2. The van der Waals surface area contributed by atoms with Gasteiger partial charge in [-0.25, -0.2) is 0 Å². The molecule has 1 aliphatic rings. The van der Waals surface area contributed by atoms with Gasteiger partial charge in [0.1, 0.15) is 5.75 Å². The van der Waals surface area contributed by atoms with Crippen molar-refractivity contribution >= 4 is 34.6 Å². The molecule has 0 aliphatic carbocycles. The summed E-state index contributed by atoms with van der Waals surface area (Å²) >= 11 is 5.96. The lowest BCUT2D eigenvalue weighted by Gasteiger charge is -2.29. The van der Waals surface area contributed by atoms with Gasteiger partial charge in [0, 0.05) is 53.7 Å². The third-order valence-electron chi connectivity index (χ3n) is 7.51.